The van der Waals surface area contributed by atoms with Gasteiger partial charge in [0.2, 0.25) is 0 Å². The number of nitrogens with one attached hydrogen (secondary N) is 1. The summed E-state index contributed by atoms with van der Waals surface area (Å²) in [6.07, 6.45) is 4.46. The summed E-state index contributed by atoms with van der Waals surface area (Å²) in [4.78, 5) is 0. The standard InChI is InChI=1S/C13H19N5O/c1-2-9-19-13-10-11(3-4-12(13)14)15-5-7-18-8-6-16-17-18/h3-4,6,8,10,15H,2,5,7,9,14H2,1H3. The van der Waals surface area contributed by atoms with E-state index in [1.54, 1.807) is 10.9 Å². The monoisotopic (exact) mass is 261 g/mol. The number of anilines is 2. The lowest BCUT2D eigenvalue weighted by atomic mass is 10.2. The molecule has 102 valence electrons. The predicted octanol–water partition coefficient (Wildman–Crippen LogP) is 1.76. The minimum Gasteiger partial charge on any atom is -0.491 e. The van der Waals surface area contributed by atoms with Gasteiger partial charge in [0, 0.05) is 24.5 Å². The van der Waals surface area contributed by atoms with Crippen molar-refractivity contribution in [1.82, 2.24) is 15.0 Å². The Morgan fingerprint density at radius 3 is 3.05 bits per heavy atom. The maximum absolute atomic E-state index is 5.86. The number of rotatable bonds is 7. The van der Waals surface area contributed by atoms with Crippen molar-refractivity contribution in [2.45, 2.75) is 19.9 Å². The Kier molecular flexibility index (Phi) is 4.60. The first kappa shape index (κ1) is 13.2. The van der Waals surface area contributed by atoms with Gasteiger partial charge < -0.3 is 15.8 Å². The second kappa shape index (κ2) is 6.63. The molecular weight excluding hydrogens is 242 g/mol. The Bertz CT molecular complexity index is 498. The quantitative estimate of drug-likeness (QED) is 0.743. The maximum Gasteiger partial charge on any atom is 0.144 e. The van der Waals surface area contributed by atoms with E-state index in [4.69, 9.17) is 10.5 Å². The van der Waals surface area contributed by atoms with Crippen LogP contribution in [-0.2, 0) is 6.54 Å². The van der Waals surface area contributed by atoms with E-state index in [1.807, 2.05) is 24.4 Å². The van der Waals surface area contributed by atoms with Crippen molar-refractivity contribution in [2.24, 2.45) is 0 Å². The van der Waals surface area contributed by atoms with E-state index in [1.165, 1.54) is 0 Å². The van der Waals surface area contributed by atoms with Gasteiger partial charge >= 0.3 is 0 Å². The zero-order valence-electron chi connectivity index (χ0n) is 11.0. The van der Waals surface area contributed by atoms with Gasteiger partial charge in [0.15, 0.2) is 0 Å². The van der Waals surface area contributed by atoms with Crippen LogP contribution in [0.1, 0.15) is 13.3 Å². The number of aromatic nitrogens is 3. The number of nitrogens with zero attached hydrogens (tertiary/aromatic N) is 3. The van der Waals surface area contributed by atoms with Crippen molar-refractivity contribution in [2.75, 3.05) is 24.2 Å². The fourth-order valence-electron chi connectivity index (χ4n) is 1.65. The molecule has 0 unspecified atom stereocenters. The first-order chi connectivity index (χ1) is 9.29. The van der Waals surface area contributed by atoms with Crippen molar-refractivity contribution in [1.29, 1.82) is 0 Å². The largest absolute Gasteiger partial charge is 0.491 e. The highest BCUT2D eigenvalue weighted by molar-refractivity contribution is 5.61. The maximum atomic E-state index is 5.86. The van der Waals surface area contributed by atoms with Crippen molar-refractivity contribution in [3.8, 4) is 5.75 Å². The molecule has 1 aromatic carbocycles. The molecule has 0 amide bonds. The summed E-state index contributed by atoms with van der Waals surface area (Å²) in [6, 6.07) is 5.71. The number of hydrogen-bond acceptors (Lipinski definition) is 5. The molecule has 0 spiro atoms. The highest BCUT2D eigenvalue weighted by Crippen LogP contribution is 2.25. The van der Waals surface area contributed by atoms with Crippen molar-refractivity contribution >= 4 is 11.4 Å². The lowest BCUT2D eigenvalue weighted by Gasteiger charge is -2.11. The summed E-state index contributed by atoms with van der Waals surface area (Å²) >= 11 is 0. The van der Waals surface area contributed by atoms with E-state index in [0.29, 0.717) is 12.3 Å². The van der Waals surface area contributed by atoms with E-state index >= 15 is 0 Å². The minimum atomic E-state index is 0.662. The molecule has 0 fully saturated rings. The predicted molar refractivity (Wildman–Crippen MR) is 75.2 cm³/mol. The molecule has 0 aliphatic carbocycles. The third kappa shape index (κ3) is 3.87. The molecule has 0 atom stereocenters. The second-order valence-electron chi connectivity index (χ2n) is 4.19. The number of nitrogen functional groups attached to an aromatic ring is 1. The molecule has 2 aromatic rings. The minimum absolute atomic E-state index is 0.662. The molecule has 0 saturated carbocycles. The normalized spacial score (nSPS) is 10.4. The summed E-state index contributed by atoms with van der Waals surface area (Å²) in [5.74, 6) is 0.729. The van der Waals surface area contributed by atoms with Crippen molar-refractivity contribution in [3.63, 3.8) is 0 Å². The van der Waals surface area contributed by atoms with Gasteiger partial charge in [-0.05, 0) is 18.6 Å². The van der Waals surface area contributed by atoms with Crippen LogP contribution >= 0.6 is 0 Å². The van der Waals surface area contributed by atoms with Crippen LogP contribution < -0.4 is 15.8 Å². The topological polar surface area (TPSA) is 78.0 Å². The van der Waals surface area contributed by atoms with Crippen molar-refractivity contribution in [3.05, 3.63) is 30.6 Å². The number of ether oxygens (including phenoxy) is 1. The zero-order chi connectivity index (χ0) is 13.5. The van der Waals surface area contributed by atoms with E-state index in [2.05, 4.69) is 22.6 Å². The van der Waals surface area contributed by atoms with Gasteiger partial charge in [-0.15, -0.1) is 5.10 Å². The van der Waals surface area contributed by atoms with Crippen LogP contribution in [-0.4, -0.2) is 28.1 Å². The molecule has 3 N–H and O–H groups in total. The van der Waals surface area contributed by atoms with E-state index in [9.17, 15) is 0 Å². The van der Waals surface area contributed by atoms with Crippen LogP contribution in [0.5, 0.6) is 5.75 Å². The molecule has 0 bridgehead atoms. The Labute approximate surface area is 112 Å². The van der Waals surface area contributed by atoms with Crippen LogP contribution in [0.15, 0.2) is 30.6 Å². The van der Waals surface area contributed by atoms with Gasteiger partial charge in [-0.3, -0.25) is 4.68 Å². The van der Waals surface area contributed by atoms with Crippen LogP contribution in [0.3, 0.4) is 0 Å². The summed E-state index contributed by atoms with van der Waals surface area (Å²) in [5.41, 5.74) is 7.51. The van der Waals surface area contributed by atoms with Gasteiger partial charge in [-0.25, -0.2) is 0 Å². The second-order valence-corrected chi connectivity index (χ2v) is 4.19. The van der Waals surface area contributed by atoms with Gasteiger partial charge in [0.1, 0.15) is 5.75 Å². The van der Waals surface area contributed by atoms with Gasteiger partial charge in [0.05, 0.1) is 25.0 Å². The van der Waals surface area contributed by atoms with Gasteiger partial charge in [-0.2, -0.15) is 0 Å². The van der Waals surface area contributed by atoms with Crippen LogP contribution in [0, 0.1) is 0 Å². The Hall–Kier alpha value is -2.24. The number of benzene rings is 1. The highest BCUT2D eigenvalue weighted by atomic mass is 16.5. The third-order valence-electron chi connectivity index (χ3n) is 2.62. The van der Waals surface area contributed by atoms with E-state index in [-0.39, 0.29) is 0 Å². The van der Waals surface area contributed by atoms with E-state index in [0.717, 1.165) is 30.9 Å². The van der Waals surface area contributed by atoms with Crippen LogP contribution in [0.25, 0.3) is 0 Å². The number of hydrogen-bond donors (Lipinski definition) is 2. The molecular formula is C13H19N5O. The summed E-state index contributed by atoms with van der Waals surface area (Å²) < 4.78 is 7.36. The SMILES string of the molecule is CCCOc1cc(NCCn2ccnn2)ccc1N. The zero-order valence-corrected chi connectivity index (χ0v) is 11.0. The lowest BCUT2D eigenvalue weighted by molar-refractivity contribution is 0.319. The Balaban J connectivity index is 1.89. The molecule has 0 radical (unpaired) electrons. The van der Waals surface area contributed by atoms with Crippen LogP contribution in [0.2, 0.25) is 0 Å². The van der Waals surface area contributed by atoms with Crippen molar-refractivity contribution < 1.29 is 4.74 Å². The first-order valence-electron chi connectivity index (χ1n) is 6.40. The van der Waals surface area contributed by atoms with Gasteiger partial charge in [-0.1, -0.05) is 12.1 Å². The summed E-state index contributed by atoms with van der Waals surface area (Å²) in [5, 5.41) is 11.0. The summed E-state index contributed by atoms with van der Waals surface area (Å²) in [6.45, 7) is 4.26. The molecule has 0 aliphatic heterocycles. The highest BCUT2D eigenvalue weighted by Gasteiger charge is 2.02. The Morgan fingerprint density at radius 1 is 1.42 bits per heavy atom. The average Bonchev–Trinajstić information content (AvgIpc) is 2.92. The summed E-state index contributed by atoms with van der Waals surface area (Å²) in [7, 11) is 0. The molecule has 1 aromatic heterocycles. The lowest BCUT2D eigenvalue weighted by Crippen LogP contribution is -2.11. The fourth-order valence-corrected chi connectivity index (χ4v) is 1.65. The molecule has 0 aliphatic rings. The molecule has 19 heavy (non-hydrogen) atoms. The molecule has 0 saturated heterocycles. The smallest absolute Gasteiger partial charge is 0.144 e. The third-order valence-corrected chi connectivity index (χ3v) is 2.62. The molecule has 2 rings (SSSR count). The van der Waals surface area contributed by atoms with Crippen LogP contribution in [0.4, 0.5) is 11.4 Å². The molecule has 6 heteroatoms. The molecule has 6 nitrogen and oxygen atoms in total. The average molecular weight is 261 g/mol. The van der Waals surface area contributed by atoms with E-state index < -0.39 is 0 Å². The first-order valence-corrected chi connectivity index (χ1v) is 6.40. The number of nitrogens with two attached hydrogens (primary N) is 1. The molecule has 1 heterocycles. The Morgan fingerprint density at radius 2 is 2.32 bits per heavy atom. The van der Waals surface area contributed by atoms with Gasteiger partial charge in [0.25, 0.3) is 0 Å². The fraction of sp³-hybridized carbons (Fsp3) is 0.385.